The van der Waals surface area contributed by atoms with Crippen molar-refractivity contribution in [3.63, 3.8) is 0 Å². The van der Waals surface area contributed by atoms with Crippen LogP contribution in [0.2, 0.25) is 0 Å². The summed E-state index contributed by atoms with van der Waals surface area (Å²) in [5, 5.41) is 54.2. The molecule has 0 aromatic carbocycles. The maximum absolute atomic E-state index is 11.0. The van der Waals surface area contributed by atoms with Crippen molar-refractivity contribution in [3.05, 3.63) is 0 Å². The van der Waals surface area contributed by atoms with Crippen molar-refractivity contribution in [2.75, 3.05) is 78.5 Å². The summed E-state index contributed by atoms with van der Waals surface area (Å²) < 4.78 is 0. The van der Waals surface area contributed by atoms with Crippen molar-refractivity contribution in [1.29, 1.82) is 0 Å². The fraction of sp³-hybridized carbons (Fsp3) is 0.750. The van der Waals surface area contributed by atoms with E-state index in [0.717, 1.165) is 0 Å². The first-order valence-corrected chi connectivity index (χ1v) is 13.0. The zero-order valence-electron chi connectivity index (χ0n) is 22.6. The Hall–Kier alpha value is -3.34. The Kier molecular flexibility index (Phi) is 19.7. The second-order valence-electron chi connectivity index (χ2n) is 9.23. The molecule has 0 radical (unpaired) electrons. The summed E-state index contributed by atoms with van der Waals surface area (Å²) in [7, 11) is 0. The molecular weight excluding hydrogens is 536 g/mol. The van der Waals surface area contributed by atoms with Gasteiger partial charge in [-0.25, -0.2) is 0 Å². The van der Waals surface area contributed by atoms with Gasteiger partial charge in [0, 0.05) is 78.5 Å². The van der Waals surface area contributed by atoms with Gasteiger partial charge < -0.3 is 45.3 Å². The lowest BCUT2D eigenvalue weighted by molar-refractivity contribution is -0.139. The van der Waals surface area contributed by atoms with Gasteiger partial charge in [-0.2, -0.15) is 0 Å². The third-order valence-electron chi connectivity index (χ3n) is 6.05. The van der Waals surface area contributed by atoms with Crippen LogP contribution >= 0.6 is 0 Å². The molecule has 16 heteroatoms. The topological polar surface area (TPSA) is 237 Å². The van der Waals surface area contributed by atoms with E-state index in [1.807, 2.05) is 4.90 Å². The number of hydrogen-bond acceptors (Lipinski definition) is 10. The van der Waals surface area contributed by atoms with Gasteiger partial charge >= 0.3 is 35.8 Å². The molecule has 0 aromatic rings. The molecule has 0 heterocycles. The molecule has 0 spiro atoms. The first-order valence-electron chi connectivity index (χ1n) is 13.0. The fourth-order valence-electron chi connectivity index (χ4n) is 3.71. The van der Waals surface area contributed by atoms with E-state index in [1.54, 1.807) is 14.7 Å². The lowest BCUT2D eigenvalue weighted by Gasteiger charge is -2.31. The Labute approximate surface area is 232 Å². The van der Waals surface area contributed by atoms with Crippen molar-refractivity contribution in [1.82, 2.24) is 19.6 Å². The highest BCUT2D eigenvalue weighted by Gasteiger charge is 2.17. The van der Waals surface area contributed by atoms with Gasteiger partial charge in [-0.1, -0.05) is 0 Å². The molecule has 0 saturated carbocycles. The SMILES string of the molecule is O=C(O)CCN(CCC(=O)O)CCN(CCN(CCC(=O)O)CCC(=O)O)CCN(CCC(=O)O)CCC(=O)O. The molecule has 0 aliphatic carbocycles. The Bertz CT molecular complexity index is 667. The van der Waals surface area contributed by atoms with E-state index in [9.17, 15) is 28.8 Å². The number of hydrogen-bond donors (Lipinski definition) is 6. The molecule has 0 amide bonds. The minimum atomic E-state index is -1.03. The van der Waals surface area contributed by atoms with Gasteiger partial charge in [-0.15, -0.1) is 0 Å². The number of aliphatic carboxylic acids is 6. The monoisotopic (exact) mass is 578 g/mol. The number of carbonyl (C=O) groups is 6. The van der Waals surface area contributed by atoms with Crippen LogP contribution in [0.4, 0.5) is 0 Å². The van der Waals surface area contributed by atoms with Crippen LogP contribution in [0, 0.1) is 0 Å². The Balaban J connectivity index is 5.51. The van der Waals surface area contributed by atoms with Crippen LogP contribution in [-0.4, -0.2) is 165 Å². The van der Waals surface area contributed by atoms with Crippen molar-refractivity contribution in [2.45, 2.75) is 38.5 Å². The van der Waals surface area contributed by atoms with E-state index < -0.39 is 35.8 Å². The minimum Gasteiger partial charge on any atom is -0.481 e. The second-order valence-corrected chi connectivity index (χ2v) is 9.23. The van der Waals surface area contributed by atoms with Gasteiger partial charge in [0.05, 0.1) is 38.5 Å². The predicted octanol–water partition coefficient (Wildman–Crippen LogP) is -0.957. The highest BCUT2D eigenvalue weighted by molar-refractivity contribution is 5.68. The minimum absolute atomic E-state index is 0.128. The summed E-state index contributed by atoms with van der Waals surface area (Å²) in [6.07, 6.45) is -1.11. The van der Waals surface area contributed by atoms with E-state index in [0.29, 0.717) is 39.3 Å². The summed E-state index contributed by atoms with van der Waals surface area (Å²) >= 11 is 0. The van der Waals surface area contributed by atoms with Crippen LogP contribution in [-0.2, 0) is 28.8 Å². The highest BCUT2D eigenvalue weighted by Crippen LogP contribution is 2.03. The quantitative estimate of drug-likeness (QED) is 0.0688. The number of carboxylic acid groups (broad SMARTS) is 6. The summed E-state index contributed by atoms with van der Waals surface area (Å²) in [4.78, 5) is 73.3. The van der Waals surface area contributed by atoms with Crippen LogP contribution in [0.3, 0.4) is 0 Å². The third-order valence-corrected chi connectivity index (χ3v) is 6.05. The zero-order valence-corrected chi connectivity index (χ0v) is 22.6. The van der Waals surface area contributed by atoms with Crippen LogP contribution < -0.4 is 0 Å². The number of nitrogens with zero attached hydrogens (tertiary/aromatic N) is 4. The van der Waals surface area contributed by atoms with Crippen molar-refractivity contribution in [3.8, 4) is 0 Å². The van der Waals surface area contributed by atoms with Crippen LogP contribution in [0.25, 0.3) is 0 Å². The smallest absolute Gasteiger partial charge is 0.304 e. The van der Waals surface area contributed by atoms with Gasteiger partial charge in [-0.05, 0) is 0 Å². The molecule has 0 saturated heterocycles. The molecule has 0 unspecified atom stereocenters. The normalized spacial score (nSPS) is 11.4. The largest absolute Gasteiger partial charge is 0.481 e. The summed E-state index contributed by atoms with van der Waals surface area (Å²) in [5.41, 5.74) is 0. The van der Waals surface area contributed by atoms with E-state index in [4.69, 9.17) is 30.6 Å². The molecule has 0 aromatic heterocycles. The first-order chi connectivity index (χ1) is 18.8. The van der Waals surface area contributed by atoms with Crippen LogP contribution in [0.15, 0.2) is 0 Å². The Morgan fingerprint density at radius 3 is 0.525 bits per heavy atom. The molecule has 0 aliphatic heterocycles. The highest BCUT2D eigenvalue weighted by atomic mass is 16.4. The molecule has 0 rings (SSSR count). The zero-order chi connectivity index (χ0) is 30.5. The maximum Gasteiger partial charge on any atom is 0.304 e. The van der Waals surface area contributed by atoms with Crippen molar-refractivity contribution in [2.24, 2.45) is 0 Å². The van der Waals surface area contributed by atoms with E-state index >= 15 is 0 Å². The molecule has 0 aliphatic rings. The molecule has 6 N–H and O–H groups in total. The number of carboxylic acids is 6. The molecule has 0 fully saturated rings. The summed E-state index contributed by atoms with van der Waals surface area (Å²) in [5.74, 6) is -6.18. The van der Waals surface area contributed by atoms with Crippen LogP contribution in [0.1, 0.15) is 38.5 Å². The number of rotatable bonds is 27. The van der Waals surface area contributed by atoms with E-state index in [1.165, 1.54) is 0 Å². The summed E-state index contributed by atoms with van der Waals surface area (Å²) in [6.45, 7) is 2.79. The lowest BCUT2D eigenvalue weighted by atomic mass is 10.3. The van der Waals surface area contributed by atoms with E-state index in [-0.39, 0.29) is 77.8 Å². The van der Waals surface area contributed by atoms with Gasteiger partial charge in [0.2, 0.25) is 0 Å². The van der Waals surface area contributed by atoms with Crippen molar-refractivity contribution < 1.29 is 59.4 Å². The molecule has 230 valence electrons. The molecule has 0 atom stereocenters. The summed E-state index contributed by atoms with van der Waals surface area (Å²) in [6, 6.07) is 0. The molecule has 40 heavy (non-hydrogen) atoms. The van der Waals surface area contributed by atoms with Crippen molar-refractivity contribution >= 4 is 35.8 Å². The predicted molar refractivity (Wildman–Crippen MR) is 139 cm³/mol. The maximum atomic E-state index is 11.0. The Morgan fingerprint density at radius 2 is 0.400 bits per heavy atom. The molecular formula is C24H42N4O12. The lowest BCUT2D eigenvalue weighted by Crippen LogP contribution is -2.44. The van der Waals surface area contributed by atoms with Gasteiger partial charge in [0.1, 0.15) is 0 Å². The average molecular weight is 579 g/mol. The third kappa shape index (κ3) is 22.6. The second kappa shape index (κ2) is 21.5. The molecule has 0 bridgehead atoms. The van der Waals surface area contributed by atoms with Gasteiger partial charge in [0.25, 0.3) is 0 Å². The van der Waals surface area contributed by atoms with Gasteiger partial charge in [-0.3, -0.25) is 33.7 Å². The fourth-order valence-corrected chi connectivity index (χ4v) is 3.71. The van der Waals surface area contributed by atoms with E-state index in [2.05, 4.69) is 0 Å². The van der Waals surface area contributed by atoms with Crippen LogP contribution in [0.5, 0.6) is 0 Å². The first kappa shape index (κ1) is 36.7. The Morgan fingerprint density at radius 1 is 0.275 bits per heavy atom. The standard InChI is InChI=1S/C24H42N4O12/c29-19(30)1-7-25(8-2-20(31)32)13-16-28(17-14-26(9-3-21(33)34)10-4-22(35)36)18-15-27(11-5-23(37)38)12-6-24(39)40/h1-18H2,(H,29,30)(H,31,32)(H,33,34)(H,35,36)(H,37,38)(H,39,40). The average Bonchev–Trinajstić information content (AvgIpc) is 2.85. The van der Waals surface area contributed by atoms with Gasteiger partial charge in [0.15, 0.2) is 0 Å². The molecule has 16 nitrogen and oxygen atoms in total.